The van der Waals surface area contributed by atoms with E-state index in [0.717, 1.165) is 6.54 Å². The van der Waals surface area contributed by atoms with Crippen molar-refractivity contribution in [3.05, 3.63) is 0 Å². The molecule has 0 aromatic rings. The molecule has 4 heteroatoms. The Labute approximate surface area is 102 Å². The van der Waals surface area contributed by atoms with Crippen LogP contribution in [-0.2, 0) is 4.79 Å². The van der Waals surface area contributed by atoms with Crippen molar-refractivity contribution in [1.29, 1.82) is 0 Å². The van der Waals surface area contributed by atoms with Crippen molar-refractivity contribution in [3.8, 4) is 0 Å². The number of hydrogen-bond donors (Lipinski definition) is 2. The molecule has 0 heterocycles. The highest BCUT2D eigenvalue weighted by Crippen LogP contribution is 2.46. The van der Waals surface area contributed by atoms with Crippen LogP contribution in [0, 0.1) is 0 Å². The molecule has 2 rings (SSSR count). The smallest absolute Gasteiger partial charge is 0.234 e. The van der Waals surface area contributed by atoms with Gasteiger partial charge in [0.15, 0.2) is 0 Å². The SMILES string of the molecule is CSC1(CNCC(=O)NC2CCCC2)CC1. The number of hydrogen-bond acceptors (Lipinski definition) is 3. The summed E-state index contributed by atoms with van der Waals surface area (Å²) in [6.45, 7) is 1.46. The highest BCUT2D eigenvalue weighted by molar-refractivity contribution is 8.00. The molecule has 2 N–H and O–H groups in total. The minimum atomic E-state index is 0.170. The summed E-state index contributed by atoms with van der Waals surface area (Å²) in [6, 6.07) is 0.449. The van der Waals surface area contributed by atoms with Crippen LogP contribution < -0.4 is 10.6 Å². The molecule has 2 aliphatic rings. The van der Waals surface area contributed by atoms with Gasteiger partial charge in [0, 0.05) is 17.3 Å². The van der Waals surface area contributed by atoms with Crippen molar-refractivity contribution >= 4 is 17.7 Å². The molecule has 2 aliphatic carbocycles. The molecule has 0 bridgehead atoms. The first kappa shape index (κ1) is 12.2. The van der Waals surface area contributed by atoms with Gasteiger partial charge in [-0.1, -0.05) is 12.8 Å². The fraction of sp³-hybridized carbons (Fsp3) is 0.917. The number of rotatable bonds is 6. The Morgan fingerprint density at radius 1 is 1.38 bits per heavy atom. The molecule has 0 aromatic heterocycles. The normalized spacial score (nSPS) is 23.3. The molecular formula is C12H22N2OS. The summed E-state index contributed by atoms with van der Waals surface area (Å²) in [5.41, 5.74) is 0. The average molecular weight is 242 g/mol. The van der Waals surface area contributed by atoms with Gasteiger partial charge in [0.2, 0.25) is 5.91 Å². The topological polar surface area (TPSA) is 41.1 Å². The number of amides is 1. The van der Waals surface area contributed by atoms with Gasteiger partial charge in [-0.2, -0.15) is 11.8 Å². The van der Waals surface area contributed by atoms with E-state index >= 15 is 0 Å². The molecular weight excluding hydrogens is 220 g/mol. The van der Waals surface area contributed by atoms with Gasteiger partial charge in [0.05, 0.1) is 6.54 Å². The third-order valence-electron chi connectivity index (χ3n) is 3.69. The van der Waals surface area contributed by atoms with Crippen LogP contribution in [0.5, 0.6) is 0 Å². The molecule has 2 saturated carbocycles. The summed E-state index contributed by atoms with van der Waals surface area (Å²) in [5, 5.41) is 6.38. The molecule has 0 radical (unpaired) electrons. The van der Waals surface area contributed by atoms with E-state index in [4.69, 9.17) is 0 Å². The maximum atomic E-state index is 11.6. The maximum absolute atomic E-state index is 11.6. The van der Waals surface area contributed by atoms with E-state index in [1.165, 1.54) is 38.5 Å². The fourth-order valence-corrected chi connectivity index (χ4v) is 3.10. The lowest BCUT2D eigenvalue weighted by Gasteiger charge is -2.15. The zero-order valence-electron chi connectivity index (χ0n) is 10.1. The van der Waals surface area contributed by atoms with Crippen LogP contribution in [0.25, 0.3) is 0 Å². The molecule has 0 atom stereocenters. The minimum Gasteiger partial charge on any atom is -0.352 e. The quantitative estimate of drug-likeness (QED) is 0.742. The lowest BCUT2D eigenvalue weighted by molar-refractivity contribution is -0.120. The maximum Gasteiger partial charge on any atom is 0.234 e. The van der Waals surface area contributed by atoms with Crippen LogP contribution in [0.1, 0.15) is 38.5 Å². The summed E-state index contributed by atoms with van der Waals surface area (Å²) in [4.78, 5) is 11.6. The van der Waals surface area contributed by atoms with Crippen molar-refractivity contribution in [1.82, 2.24) is 10.6 Å². The first-order chi connectivity index (χ1) is 7.74. The summed E-state index contributed by atoms with van der Waals surface area (Å²) >= 11 is 1.93. The lowest BCUT2D eigenvalue weighted by atomic mass is 10.2. The molecule has 16 heavy (non-hydrogen) atoms. The molecule has 92 valence electrons. The van der Waals surface area contributed by atoms with Crippen molar-refractivity contribution in [2.24, 2.45) is 0 Å². The average Bonchev–Trinajstić information content (AvgIpc) is 2.87. The zero-order valence-corrected chi connectivity index (χ0v) is 10.9. The number of carbonyl (C=O) groups excluding carboxylic acids is 1. The number of nitrogens with one attached hydrogen (secondary N) is 2. The standard InChI is InChI=1S/C12H22N2OS/c1-16-12(6-7-12)9-13-8-11(15)14-10-4-2-3-5-10/h10,13H,2-9H2,1H3,(H,14,15). The Bertz CT molecular complexity index is 247. The minimum absolute atomic E-state index is 0.170. The number of carbonyl (C=O) groups is 1. The van der Waals surface area contributed by atoms with Gasteiger partial charge in [0.25, 0.3) is 0 Å². The van der Waals surface area contributed by atoms with Crippen molar-refractivity contribution in [2.45, 2.75) is 49.3 Å². The van der Waals surface area contributed by atoms with Gasteiger partial charge in [-0.05, 0) is 31.9 Å². The molecule has 1 amide bonds. The van der Waals surface area contributed by atoms with E-state index < -0.39 is 0 Å². The Hall–Kier alpha value is -0.220. The highest BCUT2D eigenvalue weighted by atomic mass is 32.2. The van der Waals surface area contributed by atoms with Gasteiger partial charge < -0.3 is 10.6 Å². The van der Waals surface area contributed by atoms with Gasteiger partial charge >= 0.3 is 0 Å². The highest BCUT2D eigenvalue weighted by Gasteiger charge is 2.41. The second-order valence-electron chi connectivity index (χ2n) is 5.04. The Morgan fingerprint density at radius 2 is 2.06 bits per heavy atom. The third-order valence-corrected chi connectivity index (χ3v) is 5.11. The van der Waals surface area contributed by atoms with E-state index in [0.29, 0.717) is 17.3 Å². The van der Waals surface area contributed by atoms with E-state index in [2.05, 4.69) is 16.9 Å². The predicted molar refractivity (Wildman–Crippen MR) is 68.7 cm³/mol. The zero-order chi connectivity index (χ0) is 11.4. The molecule has 0 saturated heterocycles. The second kappa shape index (κ2) is 5.41. The summed E-state index contributed by atoms with van der Waals surface area (Å²) in [5.74, 6) is 0.170. The molecule has 0 unspecified atom stereocenters. The Morgan fingerprint density at radius 3 is 2.62 bits per heavy atom. The van der Waals surface area contributed by atoms with Crippen LogP contribution in [0.2, 0.25) is 0 Å². The fourth-order valence-electron chi connectivity index (χ4n) is 2.35. The van der Waals surface area contributed by atoms with E-state index in [1.807, 2.05) is 11.8 Å². The Kier molecular flexibility index (Phi) is 4.14. The molecule has 0 aliphatic heterocycles. The third kappa shape index (κ3) is 3.39. The Balaban J connectivity index is 1.57. The molecule has 0 aromatic carbocycles. The van der Waals surface area contributed by atoms with Gasteiger partial charge in [0.1, 0.15) is 0 Å². The van der Waals surface area contributed by atoms with Crippen molar-refractivity contribution < 1.29 is 4.79 Å². The molecule has 3 nitrogen and oxygen atoms in total. The van der Waals surface area contributed by atoms with Gasteiger partial charge in [-0.3, -0.25) is 4.79 Å². The van der Waals surface area contributed by atoms with E-state index in [1.54, 1.807) is 0 Å². The van der Waals surface area contributed by atoms with Gasteiger partial charge in [-0.25, -0.2) is 0 Å². The summed E-state index contributed by atoms with van der Waals surface area (Å²) in [6.07, 6.45) is 9.63. The van der Waals surface area contributed by atoms with E-state index in [9.17, 15) is 4.79 Å². The monoisotopic (exact) mass is 242 g/mol. The van der Waals surface area contributed by atoms with Crippen LogP contribution in [-0.4, -0.2) is 36.0 Å². The first-order valence-electron chi connectivity index (χ1n) is 6.29. The lowest BCUT2D eigenvalue weighted by Crippen LogP contribution is -2.41. The van der Waals surface area contributed by atoms with E-state index in [-0.39, 0.29) is 5.91 Å². The summed E-state index contributed by atoms with van der Waals surface area (Å²) < 4.78 is 0.452. The van der Waals surface area contributed by atoms with Crippen molar-refractivity contribution in [2.75, 3.05) is 19.3 Å². The first-order valence-corrected chi connectivity index (χ1v) is 7.52. The molecule has 0 spiro atoms. The van der Waals surface area contributed by atoms with Gasteiger partial charge in [-0.15, -0.1) is 0 Å². The van der Waals surface area contributed by atoms with Crippen LogP contribution in [0.3, 0.4) is 0 Å². The van der Waals surface area contributed by atoms with Crippen LogP contribution >= 0.6 is 11.8 Å². The second-order valence-corrected chi connectivity index (χ2v) is 6.31. The van der Waals surface area contributed by atoms with Crippen LogP contribution in [0.15, 0.2) is 0 Å². The van der Waals surface area contributed by atoms with Crippen LogP contribution in [0.4, 0.5) is 0 Å². The predicted octanol–water partition coefficient (Wildman–Crippen LogP) is 1.53. The summed E-state index contributed by atoms with van der Waals surface area (Å²) in [7, 11) is 0. The molecule has 2 fully saturated rings. The largest absolute Gasteiger partial charge is 0.352 e. The van der Waals surface area contributed by atoms with Crippen molar-refractivity contribution in [3.63, 3.8) is 0 Å². The number of thioether (sulfide) groups is 1.